The molecule has 23 heavy (non-hydrogen) atoms. The van der Waals surface area contributed by atoms with Gasteiger partial charge in [-0.25, -0.2) is 14.5 Å². The van der Waals surface area contributed by atoms with Crippen molar-refractivity contribution in [1.29, 1.82) is 0 Å². The zero-order chi connectivity index (χ0) is 17.2. The smallest absolute Gasteiger partial charge is 0.407 e. The van der Waals surface area contributed by atoms with Gasteiger partial charge in [0.25, 0.3) is 0 Å². The van der Waals surface area contributed by atoms with E-state index < -0.39 is 11.7 Å². The number of nitrogens with zero attached hydrogens (tertiary/aromatic N) is 4. The van der Waals surface area contributed by atoms with E-state index in [1.54, 1.807) is 25.7 Å². The highest BCUT2D eigenvalue weighted by Crippen LogP contribution is 2.22. The molecular weight excluding hydrogens is 298 g/mol. The van der Waals surface area contributed by atoms with E-state index in [0.717, 1.165) is 11.6 Å². The standard InChI is InChI=1S/C15H25N5O3/c1-10-17-11(2)20(18-10)12-8-19(9-12)13(21)6-7-16-14(22)23-15(3,4)5/h12H,6-9H2,1-5H3,(H,16,22). The van der Waals surface area contributed by atoms with Crippen LogP contribution in [0.25, 0.3) is 0 Å². The Bertz CT molecular complexity index is 584. The first-order valence-electron chi connectivity index (χ1n) is 7.80. The molecule has 2 rings (SSSR count). The second-order valence-corrected chi connectivity index (χ2v) is 6.78. The molecule has 1 aliphatic rings. The lowest BCUT2D eigenvalue weighted by molar-refractivity contribution is -0.137. The van der Waals surface area contributed by atoms with Crippen molar-refractivity contribution in [2.45, 2.75) is 52.7 Å². The van der Waals surface area contributed by atoms with Gasteiger partial charge in [-0.15, -0.1) is 0 Å². The Balaban J connectivity index is 1.69. The van der Waals surface area contributed by atoms with Crippen LogP contribution in [0.1, 0.15) is 44.9 Å². The Morgan fingerprint density at radius 1 is 1.30 bits per heavy atom. The number of likely N-dealkylation sites (tertiary alicyclic amines) is 1. The Morgan fingerprint density at radius 2 is 1.96 bits per heavy atom. The molecule has 1 aromatic heterocycles. The Hall–Kier alpha value is -2.12. The minimum Gasteiger partial charge on any atom is -0.444 e. The van der Waals surface area contributed by atoms with Crippen LogP contribution in [0.5, 0.6) is 0 Å². The van der Waals surface area contributed by atoms with E-state index in [4.69, 9.17) is 4.74 Å². The van der Waals surface area contributed by atoms with Crippen molar-refractivity contribution in [3.63, 3.8) is 0 Å². The van der Waals surface area contributed by atoms with E-state index in [1.807, 2.05) is 18.5 Å². The summed E-state index contributed by atoms with van der Waals surface area (Å²) in [5, 5.41) is 6.93. The number of ether oxygens (including phenoxy) is 1. The number of alkyl carbamates (subject to hydrolysis) is 1. The van der Waals surface area contributed by atoms with E-state index in [1.165, 1.54) is 0 Å². The lowest BCUT2D eigenvalue weighted by atomic mass is 10.1. The molecule has 8 heteroatoms. The number of nitrogens with one attached hydrogen (secondary N) is 1. The molecule has 0 aliphatic carbocycles. The molecule has 128 valence electrons. The van der Waals surface area contributed by atoms with Crippen molar-refractivity contribution in [2.24, 2.45) is 0 Å². The minimum atomic E-state index is -0.535. The lowest BCUT2D eigenvalue weighted by Crippen LogP contribution is -2.51. The topological polar surface area (TPSA) is 89.4 Å². The second-order valence-electron chi connectivity index (χ2n) is 6.78. The third-order valence-electron chi connectivity index (χ3n) is 3.48. The first-order valence-corrected chi connectivity index (χ1v) is 7.80. The fraction of sp³-hybridized carbons (Fsp3) is 0.733. The van der Waals surface area contributed by atoms with Gasteiger partial charge < -0.3 is 15.0 Å². The highest BCUT2D eigenvalue weighted by Gasteiger charge is 2.33. The van der Waals surface area contributed by atoms with Crippen molar-refractivity contribution in [3.8, 4) is 0 Å². The van der Waals surface area contributed by atoms with Gasteiger partial charge in [0, 0.05) is 26.1 Å². The maximum Gasteiger partial charge on any atom is 0.407 e. The van der Waals surface area contributed by atoms with Gasteiger partial charge in [-0.05, 0) is 34.6 Å². The van der Waals surface area contributed by atoms with Crippen molar-refractivity contribution in [2.75, 3.05) is 19.6 Å². The maximum atomic E-state index is 12.0. The molecule has 0 radical (unpaired) electrons. The Morgan fingerprint density at radius 3 is 2.48 bits per heavy atom. The highest BCUT2D eigenvalue weighted by molar-refractivity contribution is 5.78. The summed E-state index contributed by atoms with van der Waals surface area (Å²) in [4.78, 5) is 29.6. The molecule has 2 heterocycles. The van der Waals surface area contributed by atoms with E-state index in [-0.39, 0.29) is 24.9 Å². The van der Waals surface area contributed by atoms with Crippen LogP contribution < -0.4 is 5.32 Å². The molecule has 8 nitrogen and oxygen atoms in total. The summed E-state index contributed by atoms with van der Waals surface area (Å²) in [7, 11) is 0. The molecule has 2 amide bonds. The molecule has 0 bridgehead atoms. The molecule has 1 aromatic rings. The molecule has 0 atom stereocenters. The molecular formula is C15H25N5O3. The fourth-order valence-electron chi connectivity index (χ4n) is 2.44. The van der Waals surface area contributed by atoms with Gasteiger partial charge in [-0.1, -0.05) is 0 Å². The number of rotatable bonds is 4. The summed E-state index contributed by atoms with van der Waals surface area (Å²) in [5.41, 5.74) is -0.535. The maximum absolute atomic E-state index is 12.0. The zero-order valence-corrected chi connectivity index (χ0v) is 14.4. The van der Waals surface area contributed by atoms with Crippen molar-refractivity contribution >= 4 is 12.0 Å². The number of aromatic nitrogens is 3. The van der Waals surface area contributed by atoms with Gasteiger partial charge in [-0.2, -0.15) is 5.10 Å². The molecule has 0 spiro atoms. The van der Waals surface area contributed by atoms with Gasteiger partial charge in [-0.3, -0.25) is 4.79 Å². The number of hydrogen-bond acceptors (Lipinski definition) is 5. The molecule has 1 fully saturated rings. The van der Waals surface area contributed by atoms with E-state index in [9.17, 15) is 9.59 Å². The first kappa shape index (κ1) is 17.2. The molecule has 0 unspecified atom stereocenters. The van der Waals surface area contributed by atoms with Crippen LogP contribution in [0.3, 0.4) is 0 Å². The van der Waals surface area contributed by atoms with Crippen molar-refractivity contribution in [1.82, 2.24) is 25.0 Å². The fourth-order valence-corrected chi connectivity index (χ4v) is 2.44. The average molecular weight is 323 g/mol. The van der Waals surface area contributed by atoms with E-state index in [0.29, 0.717) is 13.1 Å². The summed E-state index contributed by atoms with van der Waals surface area (Å²) in [5.74, 6) is 1.63. The van der Waals surface area contributed by atoms with Crippen molar-refractivity contribution in [3.05, 3.63) is 11.6 Å². The summed E-state index contributed by atoms with van der Waals surface area (Å²) >= 11 is 0. The lowest BCUT2D eigenvalue weighted by Gasteiger charge is -2.39. The van der Waals surface area contributed by atoms with E-state index in [2.05, 4.69) is 15.4 Å². The van der Waals surface area contributed by atoms with Crippen LogP contribution in [0.2, 0.25) is 0 Å². The van der Waals surface area contributed by atoms with E-state index >= 15 is 0 Å². The first-order chi connectivity index (χ1) is 10.7. The number of carbonyl (C=O) groups excluding carboxylic acids is 2. The second kappa shape index (κ2) is 6.55. The summed E-state index contributed by atoms with van der Waals surface area (Å²) < 4.78 is 6.99. The van der Waals surface area contributed by atoms with Gasteiger partial charge in [0.05, 0.1) is 6.04 Å². The SMILES string of the molecule is Cc1nc(C)n(C2CN(C(=O)CCNC(=O)OC(C)(C)C)C2)n1. The predicted molar refractivity (Wildman–Crippen MR) is 84.0 cm³/mol. The predicted octanol–water partition coefficient (Wildman–Crippen LogP) is 1.19. The highest BCUT2D eigenvalue weighted by atomic mass is 16.6. The van der Waals surface area contributed by atoms with Crippen LogP contribution in [-0.2, 0) is 9.53 Å². The minimum absolute atomic E-state index is 0.0202. The molecule has 0 saturated carbocycles. The number of carbonyl (C=O) groups is 2. The third kappa shape index (κ3) is 4.67. The normalized spacial score (nSPS) is 15.3. The average Bonchev–Trinajstić information content (AvgIpc) is 2.64. The quantitative estimate of drug-likeness (QED) is 0.899. The number of amides is 2. The largest absolute Gasteiger partial charge is 0.444 e. The monoisotopic (exact) mass is 323 g/mol. The zero-order valence-electron chi connectivity index (χ0n) is 14.4. The van der Waals surface area contributed by atoms with Gasteiger partial charge in [0.2, 0.25) is 5.91 Å². The summed E-state index contributed by atoms with van der Waals surface area (Å²) in [6, 6.07) is 0.193. The summed E-state index contributed by atoms with van der Waals surface area (Å²) in [6.07, 6.45) is -0.234. The number of aryl methyl sites for hydroxylation is 2. The van der Waals surface area contributed by atoms with Gasteiger partial charge >= 0.3 is 6.09 Å². The van der Waals surface area contributed by atoms with Crippen LogP contribution in [0.4, 0.5) is 4.79 Å². The molecule has 1 saturated heterocycles. The Labute approximate surface area is 136 Å². The van der Waals surface area contributed by atoms with Crippen LogP contribution in [0.15, 0.2) is 0 Å². The van der Waals surface area contributed by atoms with Gasteiger partial charge in [0.15, 0.2) is 0 Å². The third-order valence-corrected chi connectivity index (χ3v) is 3.48. The molecule has 0 aromatic carbocycles. The van der Waals surface area contributed by atoms with Crippen molar-refractivity contribution < 1.29 is 14.3 Å². The molecule has 1 N–H and O–H groups in total. The number of hydrogen-bond donors (Lipinski definition) is 1. The summed E-state index contributed by atoms with van der Waals surface area (Å²) in [6.45, 7) is 10.7. The molecule has 1 aliphatic heterocycles. The van der Waals surface area contributed by atoms with Crippen LogP contribution in [0, 0.1) is 13.8 Å². The van der Waals surface area contributed by atoms with Gasteiger partial charge in [0.1, 0.15) is 17.2 Å². The van der Waals surface area contributed by atoms with Crippen LogP contribution in [-0.4, -0.2) is 56.9 Å². The Kier molecular flexibility index (Phi) is 4.91. The van der Waals surface area contributed by atoms with Crippen LogP contribution >= 0.6 is 0 Å².